The number of hydrogen-bond acceptors (Lipinski definition) is 3. The first-order chi connectivity index (χ1) is 14.9. The fraction of sp³-hybridized carbons (Fsp3) is 0.519. The van der Waals surface area contributed by atoms with Crippen molar-refractivity contribution in [1.82, 2.24) is 4.90 Å². The van der Waals surface area contributed by atoms with Crippen molar-refractivity contribution >= 4 is 15.1 Å². The van der Waals surface area contributed by atoms with Gasteiger partial charge < -0.3 is 9.16 Å². The van der Waals surface area contributed by atoms with Gasteiger partial charge in [0.1, 0.15) is 0 Å². The zero-order chi connectivity index (χ0) is 24.1. The largest absolute Gasteiger partial charge is 0.450 e. The Morgan fingerprint density at radius 1 is 1.03 bits per heavy atom. The highest BCUT2D eigenvalue weighted by Crippen LogP contribution is 2.34. The van der Waals surface area contributed by atoms with Gasteiger partial charge in [-0.2, -0.15) is 0 Å². The van der Waals surface area contributed by atoms with E-state index in [9.17, 15) is 4.79 Å². The van der Waals surface area contributed by atoms with Gasteiger partial charge in [0.15, 0.2) is 9.04 Å². The van der Waals surface area contributed by atoms with Crippen molar-refractivity contribution < 1.29 is 14.0 Å². The van der Waals surface area contributed by atoms with Crippen molar-refractivity contribution in [3.8, 4) is 11.1 Å². The smallest absolute Gasteiger partial charge is 0.410 e. The van der Waals surface area contributed by atoms with Crippen LogP contribution in [0.2, 0.25) is 11.6 Å². The fourth-order valence-electron chi connectivity index (χ4n) is 3.72. The van der Waals surface area contributed by atoms with Gasteiger partial charge in [0.05, 0.1) is 18.8 Å². The summed E-state index contributed by atoms with van der Waals surface area (Å²) in [6.07, 6.45) is -0.279. The Labute approximate surface area is 196 Å². The number of carbonyl (C=O) groups is 1. The van der Waals surface area contributed by atoms with Gasteiger partial charge in [-0.1, -0.05) is 51.1 Å². The predicted octanol–water partition coefficient (Wildman–Crippen LogP) is 7.05. The van der Waals surface area contributed by atoms with Gasteiger partial charge in [-0.15, -0.1) is 0 Å². The number of carbonyl (C=O) groups excluding carboxylic acids is 1. The summed E-state index contributed by atoms with van der Waals surface area (Å²) in [7, 11) is -1.27. The molecule has 0 spiro atoms. The van der Waals surface area contributed by atoms with Gasteiger partial charge >= 0.3 is 6.09 Å². The topological polar surface area (TPSA) is 38.8 Å². The summed E-state index contributed by atoms with van der Waals surface area (Å²) in [5, 5.41) is 0.248. The average Bonchev–Trinajstić information content (AvgIpc) is 2.72. The van der Waals surface area contributed by atoms with E-state index in [4.69, 9.17) is 9.16 Å². The van der Waals surface area contributed by atoms with Gasteiger partial charge in [0.25, 0.3) is 0 Å². The van der Waals surface area contributed by atoms with Gasteiger partial charge in [-0.05, 0) is 86.2 Å². The molecule has 0 N–H and O–H groups in total. The van der Waals surface area contributed by atoms with Gasteiger partial charge in [0.2, 0.25) is 0 Å². The SMILES string of the molecule is CCOC(=O)N(CC)C(C)(C)c1ccc(C)c(-c2cccc(CO[SiH](C)C(C)(C)C)c2)c1. The van der Waals surface area contributed by atoms with Crippen molar-refractivity contribution in [2.75, 3.05) is 13.2 Å². The normalized spacial score (nSPS) is 13.0. The zero-order valence-electron chi connectivity index (χ0n) is 21.4. The molecule has 2 rings (SSSR count). The Balaban J connectivity index is 2.36. The second-order valence-electron chi connectivity index (χ2n) is 10.1. The Hall–Kier alpha value is -2.11. The zero-order valence-corrected chi connectivity index (χ0v) is 22.6. The minimum atomic E-state index is -1.27. The monoisotopic (exact) mass is 455 g/mol. The maximum Gasteiger partial charge on any atom is 0.410 e. The molecule has 0 saturated carbocycles. The lowest BCUT2D eigenvalue weighted by Crippen LogP contribution is -2.45. The summed E-state index contributed by atoms with van der Waals surface area (Å²) in [5.74, 6) is 0. The molecule has 2 aromatic rings. The lowest BCUT2D eigenvalue weighted by molar-refractivity contribution is 0.0671. The molecule has 5 heteroatoms. The van der Waals surface area contributed by atoms with E-state index in [1.54, 1.807) is 4.90 Å². The van der Waals surface area contributed by atoms with E-state index in [0.29, 0.717) is 19.8 Å². The number of amides is 1. The minimum Gasteiger partial charge on any atom is -0.450 e. The van der Waals surface area contributed by atoms with E-state index in [-0.39, 0.29) is 11.1 Å². The third-order valence-electron chi connectivity index (χ3n) is 6.38. The van der Waals surface area contributed by atoms with Gasteiger partial charge in [-0.3, -0.25) is 4.90 Å². The molecular formula is C27H41NO3Si. The average molecular weight is 456 g/mol. The van der Waals surface area contributed by atoms with Crippen LogP contribution in [0.15, 0.2) is 42.5 Å². The molecule has 1 unspecified atom stereocenters. The molecule has 0 saturated heterocycles. The molecule has 1 atom stereocenters. The van der Waals surface area contributed by atoms with Crippen molar-refractivity contribution in [2.45, 2.75) is 79.1 Å². The first-order valence-electron chi connectivity index (χ1n) is 11.7. The molecule has 0 aliphatic heterocycles. The lowest BCUT2D eigenvalue weighted by Gasteiger charge is -2.38. The van der Waals surface area contributed by atoms with E-state index in [1.165, 1.54) is 22.3 Å². The molecule has 0 radical (unpaired) electrons. The highest BCUT2D eigenvalue weighted by Gasteiger charge is 2.33. The summed E-state index contributed by atoms with van der Waals surface area (Å²) in [6.45, 7) is 20.7. The number of aryl methyl sites for hydroxylation is 1. The Morgan fingerprint density at radius 2 is 1.72 bits per heavy atom. The van der Waals surface area contributed by atoms with E-state index in [2.05, 4.69) is 90.6 Å². The third-order valence-corrected chi connectivity index (χ3v) is 9.49. The van der Waals surface area contributed by atoms with Gasteiger partial charge in [0, 0.05) is 6.54 Å². The molecule has 2 aromatic carbocycles. The van der Waals surface area contributed by atoms with Crippen molar-refractivity contribution in [3.63, 3.8) is 0 Å². The van der Waals surface area contributed by atoms with Crippen molar-refractivity contribution in [2.24, 2.45) is 0 Å². The Bertz CT molecular complexity index is 917. The van der Waals surface area contributed by atoms with Crippen LogP contribution in [0.1, 0.15) is 65.2 Å². The van der Waals surface area contributed by atoms with E-state index in [1.807, 2.05) is 13.8 Å². The Kier molecular flexibility index (Phi) is 8.72. The van der Waals surface area contributed by atoms with Crippen LogP contribution in [0, 0.1) is 6.92 Å². The standard InChI is InChI=1S/C27H41NO3Si/c1-10-28(25(29)30-11-2)27(7,8)23-16-15-20(3)24(18-23)22-14-12-13-21(17-22)19-31-32(9)26(4,5)6/h12-18,32H,10-11,19H2,1-9H3. The third kappa shape index (κ3) is 6.23. The number of hydrogen-bond donors (Lipinski definition) is 0. The summed E-state index contributed by atoms with van der Waals surface area (Å²) < 4.78 is 11.6. The summed E-state index contributed by atoms with van der Waals surface area (Å²) in [5.41, 5.74) is 5.35. The van der Waals surface area contributed by atoms with Crippen LogP contribution in [-0.2, 0) is 21.3 Å². The first kappa shape index (κ1) is 26.1. The number of rotatable bonds is 8. The number of benzene rings is 2. The predicted molar refractivity (Wildman–Crippen MR) is 137 cm³/mol. The molecule has 1 amide bonds. The molecule has 0 heterocycles. The van der Waals surface area contributed by atoms with Crippen LogP contribution >= 0.6 is 0 Å². The molecule has 4 nitrogen and oxygen atoms in total. The second-order valence-corrected chi connectivity index (χ2v) is 13.4. The quantitative estimate of drug-likeness (QED) is 0.400. The minimum absolute atomic E-state index is 0.248. The number of ether oxygens (including phenoxy) is 1. The Morgan fingerprint density at radius 3 is 2.31 bits per heavy atom. The number of nitrogens with zero attached hydrogens (tertiary/aromatic N) is 1. The fourth-order valence-corrected chi connectivity index (χ4v) is 4.67. The van der Waals surface area contributed by atoms with Crippen LogP contribution in [0.25, 0.3) is 11.1 Å². The van der Waals surface area contributed by atoms with Crippen molar-refractivity contribution in [1.29, 1.82) is 0 Å². The highest BCUT2D eigenvalue weighted by atomic mass is 28.3. The van der Waals surface area contributed by atoms with E-state index >= 15 is 0 Å². The van der Waals surface area contributed by atoms with Crippen LogP contribution in [0.5, 0.6) is 0 Å². The van der Waals surface area contributed by atoms with Crippen LogP contribution in [0.3, 0.4) is 0 Å². The van der Waals surface area contributed by atoms with E-state index < -0.39 is 14.6 Å². The molecule has 0 aliphatic rings. The maximum absolute atomic E-state index is 12.6. The summed E-state index contributed by atoms with van der Waals surface area (Å²) >= 11 is 0. The van der Waals surface area contributed by atoms with Gasteiger partial charge in [-0.25, -0.2) is 4.79 Å². The maximum atomic E-state index is 12.6. The summed E-state index contributed by atoms with van der Waals surface area (Å²) in [6, 6.07) is 15.1. The molecule has 0 aromatic heterocycles. The van der Waals surface area contributed by atoms with E-state index in [0.717, 1.165) is 5.56 Å². The molecule has 0 bridgehead atoms. The molecule has 32 heavy (non-hydrogen) atoms. The first-order valence-corrected chi connectivity index (χ1v) is 13.9. The summed E-state index contributed by atoms with van der Waals surface area (Å²) in [4.78, 5) is 14.3. The van der Waals surface area contributed by atoms with Crippen molar-refractivity contribution in [3.05, 3.63) is 59.2 Å². The van der Waals surface area contributed by atoms with Crippen LogP contribution < -0.4 is 0 Å². The highest BCUT2D eigenvalue weighted by molar-refractivity contribution is 6.53. The molecule has 176 valence electrons. The molecular weight excluding hydrogens is 414 g/mol. The molecule has 0 fully saturated rings. The van der Waals surface area contributed by atoms with Crippen LogP contribution in [-0.4, -0.2) is 33.2 Å². The molecule has 0 aliphatic carbocycles. The van der Waals surface area contributed by atoms with Crippen LogP contribution in [0.4, 0.5) is 4.79 Å². The second kappa shape index (κ2) is 10.7. The lowest BCUT2D eigenvalue weighted by atomic mass is 9.88.